The monoisotopic (exact) mass is 213 g/mol. The molecule has 0 radical (unpaired) electrons. The van der Waals surface area contributed by atoms with Crippen LogP contribution in [0.5, 0.6) is 0 Å². The largest absolute Gasteiger partial charge is 0.350 e. The second-order valence-corrected chi connectivity index (χ2v) is 3.92. The van der Waals surface area contributed by atoms with Gasteiger partial charge in [0.2, 0.25) is 0 Å². The smallest absolute Gasteiger partial charge is 0.257 e. The maximum Gasteiger partial charge on any atom is 0.257 e. The number of amides is 1. The van der Waals surface area contributed by atoms with Gasteiger partial charge in [-0.15, -0.1) is 11.3 Å². The fourth-order valence-electron chi connectivity index (χ4n) is 1.11. The van der Waals surface area contributed by atoms with E-state index in [1.165, 1.54) is 16.2 Å². The van der Waals surface area contributed by atoms with Crippen LogP contribution in [-0.2, 0) is 4.79 Å². The van der Waals surface area contributed by atoms with Crippen LogP contribution in [0.25, 0.3) is 0 Å². The van der Waals surface area contributed by atoms with Gasteiger partial charge in [0.25, 0.3) is 5.91 Å². The molecule has 1 saturated heterocycles. The number of carbonyl (C=O) groups excluding carboxylic acids is 1. The predicted octanol–water partition coefficient (Wildman–Crippen LogP) is 0.753. The van der Waals surface area contributed by atoms with Crippen LogP contribution in [0.3, 0.4) is 0 Å². The molecule has 6 heteroatoms. The van der Waals surface area contributed by atoms with Crippen molar-refractivity contribution in [2.75, 3.05) is 4.90 Å². The minimum atomic E-state index is -0.239. The van der Waals surface area contributed by atoms with Gasteiger partial charge >= 0.3 is 0 Å². The summed E-state index contributed by atoms with van der Waals surface area (Å²) >= 11 is 6.40. The standard InChI is InChI=1S/C7H7N3OS2/c1-4-5(11)10(6(12)9-4)7-8-2-3-13-7/h2-4H,1H3,(H,9,12). The summed E-state index contributed by atoms with van der Waals surface area (Å²) < 4.78 is 0. The van der Waals surface area contributed by atoms with E-state index in [1.54, 1.807) is 13.1 Å². The first-order valence-corrected chi connectivity index (χ1v) is 5.03. The third-order valence-electron chi connectivity index (χ3n) is 1.74. The predicted molar refractivity (Wildman–Crippen MR) is 54.8 cm³/mol. The van der Waals surface area contributed by atoms with E-state index < -0.39 is 0 Å². The highest BCUT2D eigenvalue weighted by Crippen LogP contribution is 2.21. The highest BCUT2D eigenvalue weighted by molar-refractivity contribution is 7.80. The number of hydrogen-bond acceptors (Lipinski definition) is 4. The third kappa shape index (κ3) is 1.31. The van der Waals surface area contributed by atoms with Gasteiger partial charge in [0, 0.05) is 11.6 Å². The molecular weight excluding hydrogens is 206 g/mol. The van der Waals surface area contributed by atoms with Gasteiger partial charge in [-0.05, 0) is 19.1 Å². The van der Waals surface area contributed by atoms with E-state index >= 15 is 0 Å². The SMILES string of the molecule is CC1NC(=S)N(c2nccs2)C1=O. The molecular formula is C7H7N3OS2. The Kier molecular flexibility index (Phi) is 2.01. The lowest BCUT2D eigenvalue weighted by Gasteiger charge is -2.09. The quantitative estimate of drug-likeness (QED) is 0.699. The summed E-state index contributed by atoms with van der Waals surface area (Å²) in [6.45, 7) is 1.78. The van der Waals surface area contributed by atoms with Crippen LogP contribution >= 0.6 is 23.6 Å². The Morgan fingerprint density at radius 1 is 1.77 bits per heavy atom. The summed E-state index contributed by atoms with van der Waals surface area (Å²) in [5, 5.41) is 5.76. The van der Waals surface area contributed by atoms with Crippen molar-refractivity contribution in [1.82, 2.24) is 10.3 Å². The van der Waals surface area contributed by atoms with Gasteiger partial charge in [-0.3, -0.25) is 4.79 Å². The van der Waals surface area contributed by atoms with E-state index in [0.717, 1.165) is 0 Å². The molecule has 1 aromatic rings. The van der Waals surface area contributed by atoms with Crippen LogP contribution < -0.4 is 10.2 Å². The summed E-state index contributed by atoms with van der Waals surface area (Å²) in [5.74, 6) is -0.0417. The van der Waals surface area contributed by atoms with Crippen molar-refractivity contribution in [3.8, 4) is 0 Å². The van der Waals surface area contributed by atoms with E-state index in [-0.39, 0.29) is 11.9 Å². The van der Waals surface area contributed by atoms with Crippen molar-refractivity contribution in [3.05, 3.63) is 11.6 Å². The molecule has 1 amide bonds. The Hall–Kier alpha value is -1.01. The fraction of sp³-hybridized carbons (Fsp3) is 0.286. The average molecular weight is 213 g/mol. The number of thiazole rings is 1. The summed E-state index contributed by atoms with van der Waals surface area (Å²) in [5.41, 5.74) is 0. The fourth-order valence-corrected chi connectivity index (χ4v) is 2.18. The first-order valence-electron chi connectivity index (χ1n) is 3.74. The first-order chi connectivity index (χ1) is 6.20. The molecule has 1 unspecified atom stereocenters. The number of anilines is 1. The van der Waals surface area contributed by atoms with Crippen molar-refractivity contribution in [3.63, 3.8) is 0 Å². The minimum absolute atomic E-state index is 0.0417. The van der Waals surface area contributed by atoms with Crippen LogP contribution in [0, 0.1) is 0 Å². The van der Waals surface area contributed by atoms with E-state index in [4.69, 9.17) is 12.2 Å². The molecule has 1 aliphatic rings. The molecule has 1 fully saturated rings. The molecule has 2 heterocycles. The summed E-state index contributed by atoms with van der Waals surface area (Å²) in [6, 6.07) is -0.239. The number of thiocarbonyl (C=S) groups is 1. The zero-order valence-corrected chi connectivity index (χ0v) is 8.48. The maximum absolute atomic E-state index is 11.6. The van der Waals surface area contributed by atoms with Crippen molar-refractivity contribution < 1.29 is 4.79 Å². The lowest BCUT2D eigenvalue weighted by Crippen LogP contribution is -2.30. The van der Waals surface area contributed by atoms with Gasteiger partial charge in [-0.2, -0.15) is 0 Å². The lowest BCUT2D eigenvalue weighted by molar-refractivity contribution is -0.117. The molecule has 1 aliphatic heterocycles. The van der Waals surface area contributed by atoms with Crippen molar-refractivity contribution in [1.29, 1.82) is 0 Å². The Bertz CT molecular complexity index is 349. The molecule has 0 spiro atoms. The zero-order chi connectivity index (χ0) is 9.42. The topological polar surface area (TPSA) is 45.2 Å². The molecule has 1 aromatic heterocycles. The minimum Gasteiger partial charge on any atom is -0.350 e. The number of aromatic nitrogens is 1. The molecule has 0 saturated carbocycles. The van der Waals surface area contributed by atoms with Gasteiger partial charge in [-0.25, -0.2) is 9.88 Å². The molecule has 4 nitrogen and oxygen atoms in total. The second kappa shape index (κ2) is 3.04. The Labute approximate surface area is 84.6 Å². The summed E-state index contributed by atoms with van der Waals surface area (Å²) in [6.07, 6.45) is 1.65. The average Bonchev–Trinajstić information content (AvgIpc) is 2.63. The highest BCUT2D eigenvalue weighted by Gasteiger charge is 2.34. The Balaban J connectivity index is 2.34. The third-order valence-corrected chi connectivity index (χ3v) is 2.80. The second-order valence-electron chi connectivity index (χ2n) is 2.66. The zero-order valence-electron chi connectivity index (χ0n) is 6.85. The molecule has 13 heavy (non-hydrogen) atoms. The molecule has 1 atom stereocenters. The summed E-state index contributed by atoms with van der Waals surface area (Å²) in [7, 11) is 0. The van der Waals surface area contributed by atoms with E-state index in [9.17, 15) is 4.79 Å². The Morgan fingerprint density at radius 2 is 2.54 bits per heavy atom. The summed E-state index contributed by atoms with van der Waals surface area (Å²) in [4.78, 5) is 17.0. The highest BCUT2D eigenvalue weighted by atomic mass is 32.1. The van der Waals surface area contributed by atoms with E-state index in [0.29, 0.717) is 10.2 Å². The van der Waals surface area contributed by atoms with Gasteiger partial charge < -0.3 is 5.32 Å². The van der Waals surface area contributed by atoms with Crippen LogP contribution in [0.2, 0.25) is 0 Å². The van der Waals surface area contributed by atoms with Gasteiger partial charge in [0.15, 0.2) is 10.2 Å². The van der Waals surface area contributed by atoms with Crippen LogP contribution in [0.15, 0.2) is 11.6 Å². The molecule has 68 valence electrons. The number of rotatable bonds is 1. The van der Waals surface area contributed by atoms with Crippen molar-refractivity contribution in [2.24, 2.45) is 0 Å². The van der Waals surface area contributed by atoms with Gasteiger partial charge in [0.05, 0.1) is 0 Å². The number of nitrogens with zero attached hydrogens (tertiary/aromatic N) is 2. The number of carbonyl (C=O) groups is 1. The van der Waals surface area contributed by atoms with Gasteiger partial charge in [0.1, 0.15) is 6.04 Å². The number of hydrogen-bond donors (Lipinski definition) is 1. The lowest BCUT2D eigenvalue weighted by atomic mass is 10.3. The van der Waals surface area contributed by atoms with Gasteiger partial charge in [-0.1, -0.05) is 0 Å². The molecule has 1 N–H and O–H groups in total. The normalized spacial score (nSPS) is 22.2. The van der Waals surface area contributed by atoms with E-state index in [2.05, 4.69) is 10.3 Å². The molecule has 0 aromatic carbocycles. The Morgan fingerprint density at radius 3 is 3.00 bits per heavy atom. The number of nitrogens with one attached hydrogen (secondary N) is 1. The molecule has 2 rings (SSSR count). The molecule has 0 bridgehead atoms. The van der Waals surface area contributed by atoms with Crippen molar-refractivity contribution in [2.45, 2.75) is 13.0 Å². The van der Waals surface area contributed by atoms with E-state index in [1.807, 2.05) is 5.38 Å². The first kappa shape index (κ1) is 8.58. The van der Waals surface area contributed by atoms with Crippen LogP contribution in [0.1, 0.15) is 6.92 Å². The molecule has 0 aliphatic carbocycles. The van der Waals surface area contributed by atoms with Crippen LogP contribution in [0.4, 0.5) is 5.13 Å². The van der Waals surface area contributed by atoms with Crippen LogP contribution in [-0.4, -0.2) is 22.0 Å². The maximum atomic E-state index is 11.6. The van der Waals surface area contributed by atoms with Crippen molar-refractivity contribution >= 4 is 39.7 Å².